The third kappa shape index (κ3) is 3.05. The highest BCUT2D eigenvalue weighted by molar-refractivity contribution is 9.10. The van der Waals surface area contributed by atoms with E-state index in [1.54, 1.807) is 12.1 Å². The highest BCUT2D eigenvalue weighted by Crippen LogP contribution is 2.26. The number of benzene rings is 2. The molecule has 0 aliphatic carbocycles. The lowest BCUT2D eigenvalue weighted by Gasteiger charge is -2.06. The Hall–Kier alpha value is -2.52. The average Bonchev–Trinajstić information content (AvgIpc) is 2.97. The normalized spacial score (nSPS) is 10.4. The van der Waals surface area contributed by atoms with Crippen LogP contribution in [0.15, 0.2) is 46.9 Å². The van der Waals surface area contributed by atoms with Crippen LogP contribution in [0.5, 0.6) is 0 Å². The van der Waals surface area contributed by atoms with Crippen LogP contribution in [0, 0.1) is 17.1 Å². The van der Waals surface area contributed by atoms with Crippen molar-refractivity contribution in [2.75, 3.05) is 0 Å². The summed E-state index contributed by atoms with van der Waals surface area (Å²) in [6, 6.07) is 14.3. The summed E-state index contributed by atoms with van der Waals surface area (Å²) in [5, 5.41) is 19.3. The second-order valence-electron chi connectivity index (χ2n) is 4.80. The van der Waals surface area contributed by atoms with E-state index in [4.69, 9.17) is 5.26 Å². The van der Waals surface area contributed by atoms with Gasteiger partial charge in [0, 0.05) is 10.0 Å². The Morgan fingerprint density at radius 1 is 1.14 bits per heavy atom. The Balaban J connectivity index is 1.97. The molecule has 0 bridgehead atoms. The number of aromatic nitrogens is 3. The van der Waals surface area contributed by atoms with Crippen molar-refractivity contribution in [2.45, 2.75) is 6.42 Å². The number of nitrogens with one attached hydrogen (secondary N) is 1. The van der Waals surface area contributed by atoms with Crippen molar-refractivity contribution in [1.82, 2.24) is 15.4 Å². The number of hydrogen-bond acceptors (Lipinski definition) is 3. The van der Waals surface area contributed by atoms with E-state index in [9.17, 15) is 4.39 Å². The molecule has 3 aromatic rings. The minimum absolute atomic E-state index is 0.250. The van der Waals surface area contributed by atoms with Gasteiger partial charge >= 0.3 is 0 Å². The van der Waals surface area contributed by atoms with Crippen molar-refractivity contribution >= 4 is 15.9 Å². The zero-order valence-corrected chi connectivity index (χ0v) is 12.9. The van der Waals surface area contributed by atoms with Crippen LogP contribution in [0.25, 0.3) is 11.3 Å². The number of rotatable bonds is 3. The Bertz CT molecular complexity index is 849. The van der Waals surface area contributed by atoms with Gasteiger partial charge in [-0.15, -0.1) is 5.10 Å². The summed E-state index contributed by atoms with van der Waals surface area (Å²) in [6.07, 6.45) is 0.659. The Labute approximate surface area is 134 Å². The quantitative estimate of drug-likeness (QED) is 0.775. The van der Waals surface area contributed by atoms with Crippen molar-refractivity contribution < 1.29 is 4.39 Å². The second kappa shape index (κ2) is 6.08. The van der Waals surface area contributed by atoms with Gasteiger partial charge in [0.2, 0.25) is 0 Å². The van der Waals surface area contributed by atoms with Gasteiger partial charge in [-0.05, 0) is 47.9 Å². The maximum Gasteiger partial charge on any atom is 0.163 e. The molecule has 0 radical (unpaired) electrons. The molecule has 0 fully saturated rings. The molecule has 0 aliphatic rings. The molecule has 0 atom stereocenters. The van der Waals surface area contributed by atoms with E-state index >= 15 is 0 Å². The van der Waals surface area contributed by atoms with Crippen LogP contribution in [-0.4, -0.2) is 15.4 Å². The molecule has 0 aliphatic heterocycles. The molecule has 22 heavy (non-hydrogen) atoms. The summed E-state index contributed by atoms with van der Waals surface area (Å²) in [5.41, 5.74) is 3.68. The fraction of sp³-hybridized carbons (Fsp3) is 0.0625. The fourth-order valence-corrected chi connectivity index (χ4v) is 2.78. The van der Waals surface area contributed by atoms with E-state index in [1.807, 2.05) is 24.3 Å². The van der Waals surface area contributed by atoms with E-state index in [0.29, 0.717) is 17.8 Å². The second-order valence-corrected chi connectivity index (χ2v) is 5.71. The first-order valence-corrected chi connectivity index (χ1v) is 7.30. The smallest absolute Gasteiger partial charge is 0.163 e. The molecule has 0 unspecified atom stereocenters. The molecular weight excluding hydrogens is 347 g/mol. The topological polar surface area (TPSA) is 65.4 Å². The SMILES string of the molecule is N#Cc1[nH]nnc1-c1cc(Br)cc(Cc2ccc(F)cc2)c1. The van der Waals surface area contributed by atoms with Gasteiger partial charge < -0.3 is 0 Å². The minimum Gasteiger partial charge on any atom is -0.247 e. The van der Waals surface area contributed by atoms with Crippen LogP contribution in [-0.2, 0) is 6.42 Å². The molecule has 1 heterocycles. The summed E-state index contributed by atoms with van der Waals surface area (Å²) < 4.78 is 13.8. The molecule has 0 saturated heterocycles. The van der Waals surface area contributed by atoms with Gasteiger partial charge in [0.05, 0.1) is 0 Å². The molecule has 0 spiro atoms. The predicted molar refractivity (Wildman–Crippen MR) is 83.4 cm³/mol. The molecule has 1 N–H and O–H groups in total. The Morgan fingerprint density at radius 2 is 1.91 bits per heavy atom. The number of nitriles is 1. The number of halogens is 2. The Morgan fingerprint density at radius 3 is 2.64 bits per heavy atom. The lowest BCUT2D eigenvalue weighted by atomic mass is 10.0. The van der Waals surface area contributed by atoms with E-state index in [2.05, 4.69) is 31.3 Å². The zero-order chi connectivity index (χ0) is 15.5. The van der Waals surface area contributed by atoms with Crippen LogP contribution in [0.1, 0.15) is 16.8 Å². The lowest BCUT2D eigenvalue weighted by Crippen LogP contribution is -1.91. The van der Waals surface area contributed by atoms with E-state index in [0.717, 1.165) is 21.2 Å². The van der Waals surface area contributed by atoms with E-state index in [1.165, 1.54) is 12.1 Å². The summed E-state index contributed by atoms with van der Waals surface area (Å²) in [5.74, 6) is -0.250. The van der Waals surface area contributed by atoms with Crippen molar-refractivity contribution in [2.24, 2.45) is 0 Å². The van der Waals surface area contributed by atoms with Crippen LogP contribution >= 0.6 is 15.9 Å². The number of hydrogen-bond donors (Lipinski definition) is 1. The van der Waals surface area contributed by atoms with Crippen molar-refractivity contribution in [3.63, 3.8) is 0 Å². The fourth-order valence-electron chi connectivity index (χ4n) is 2.24. The highest BCUT2D eigenvalue weighted by atomic mass is 79.9. The standard InChI is InChI=1S/C16H10BrFN4/c17-13-7-11(5-10-1-3-14(18)4-2-10)6-12(8-13)16-15(9-19)20-22-21-16/h1-4,6-8H,5H2,(H,20,21,22). The zero-order valence-electron chi connectivity index (χ0n) is 11.3. The molecule has 6 heteroatoms. The summed E-state index contributed by atoms with van der Waals surface area (Å²) >= 11 is 3.47. The molecule has 0 saturated carbocycles. The first-order chi connectivity index (χ1) is 10.7. The highest BCUT2D eigenvalue weighted by Gasteiger charge is 2.11. The monoisotopic (exact) mass is 356 g/mol. The number of nitrogens with zero attached hydrogens (tertiary/aromatic N) is 3. The summed E-state index contributed by atoms with van der Waals surface area (Å²) in [7, 11) is 0. The first-order valence-electron chi connectivity index (χ1n) is 6.51. The minimum atomic E-state index is -0.250. The average molecular weight is 357 g/mol. The predicted octanol–water partition coefficient (Wildman–Crippen LogP) is 3.84. The molecule has 2 aromatic carbocycles. The van der Waals surface area contributed by atoms with Crippen molar-refractivity contribution in [1.29, 1.82) is 5.26 Å². The van der Waals surface area contributed by atoms with Gasteiger partial charge in [0.15, 0.2) is 5.69 Å². The molecule has 0 amide bonds. The van der Waals surface area contributed by atoms with Gasteiger partial charge in [-0.3, -0.25) is 0 Å². The maximum absolute atomic E-state index is 13.0. The third-order valence-corrected chi connectivity index (χ3v) is 3.67. The van der Waals surface area contributed by atoms with Gasteiger partial charge in [0.1, 0.15) is 17.6 Å². The summed E-state index contributed by atoms with van der Waals surface area (Å²) in [4.78, 5) is 0. The van der Waals surface area contributed by atoms with Gasteiger partial charge in [0.25, 0.3) is 0 Å². The molecule has 108 valence electrons. The van der Waals surface area contributed by atoms with Crippen LogP contribution in [0.2, 0.25) is 0 Å². The number of aromatic amines is 1. The Kier molecular flexibility index (Phi) is 3.98. The van der Waals surface area contributed by atoms with E-state index < -0.39 is 0 Å². The third-order valence-electron chi connectivity index (χ3n) is 3.21. The van der Waals surface area contributed by atoms with Gasteiger partial charge in [-0.25, -0.2) is 9.49 Å². The first kappa shape index (κ1) is 14.4. The number of H-pyrrole nitrogens is 1. The van der Waals surface area contributed by atoms with Crippen LogP contribution in [0.4, 0.5) is 4.39 Å². The van der Waals surface area contributed by atoms with Crippen molar-refractivity contribution in [3.05, 3.63) is 69.6 Å². The molecule has 3 rings (SSSR count). The maximum atomic E-state index is 13.0. The largest absolute Gasteiger partial charge is 0.247 e. The van der Waals surface area contributed by atoms with E-state index in [-0.39, 0.29) is 5.82 Å². The molecule has 1 aromatic heterocycles. The van der Waals surface area contributed by atoms with Crippen LogP contribution in [0.3, 0.4) is 0 Å². The molecular formula is C16H10BrFN4. The van der Waals surface area contributed by atoms with Crippen LogP contribution < -0.4 is 0 Å². The molecule has 4 nitrogen and oxygen atoms in total. The van der Waals surface area contributed by atoms with Gasteiger partial charge in [-0.2, -0.15) is 5.26 Å². The van der Waals surface area contributed by atoms with Gasteiger partial charge in [-0.1, -0.05) is 33.3 Å². The van der Waals surface area contributed by atoms with Crippen molar-refractivity contribution in [3.8, 4) is 17.3 Å². The summed E-state index contributed by atoms with van der Waals surface area (Å²) in [6.45, 7) is 0. The lowest BCUT2D eigenvalue weighted by molar-refractivity contribution is 0.627.